The van der Waals surface area contributed by atoms with E-state index >= 15 is 0 Å². The van der Waals surface area contributed by atoms with E-state index in [9.17, 15) is 0 Å². The fourth-order valence-electron chi connectivity index (χ4n) is 7.54. The first-order valence-corrected chi connectivity index (χ1v) is 18.8. The fraction of sp³-hybridized carbons (Fsp3) is 0.292. The summed E-state index contributed by atoms with van der Waals surface area (Å²) in [6.45, 7) is 13.1. The molecule has 0 amide bonds. The monoisotopic (exact) mass is 670 g/mol. The molecular weight excluding hydrogens is 620 g/mol. The molecular formula is C48H50B4. The summed E-state index contributed by atoms with van der Waals surface area (Å²) < 4.78 is 0. The van der Waals surface area contributed by atoms with Crippen LogP contribution >= 0.6 is 0 Å². The van der Waals surface area contributed by atoms with Crippen LogP contribution in [0.4, 0.5) is 0 Å². The molecule has 0 saturated heterocycles. The molecule has 1 saturated carbocycles. The zero-order valence-electron chi connectivity index (χ0n) is 32.0. The van der Waals surface area contributed by atoms with Crippen molar-refractivity contribution in [2.24, 2.45) is 17.3 Å². The second-order valence-corrected chi connectivity index (χ2v) is 15.0. The first kappa shape index (κ1) is 39.1. The van der Waals surface area contributed by atoms with Gasteiger partial charge in [-0.3, -0.25) is 0 Å². The van der Waals surface area contributed by atoms with Crippen molar-refractivity contribution in [3.05, 3.63) is 166 Å². The van der Waals surface area contributed by atoms with Crippen molar-refractivity contribution in [3.63, 3.8) is 0 Å². The summed E-state index contributed by atoms with van der Waals surface area (Å²) in [6, 6.07) is 21.8. The molecule has 3 aromatic rings. The first-order chi connectivity index (χ1) is 24.9. The highest BCUT2D eigenvalue weighted by molar-refractivity contribution is 6.60. The lowest BCUT2D eigenvalue weighted by molar-refractivity contribution is 0.216. The topological polar surface area (TPSA) is 0 Å². The van der Waals surface area contributed by atoms with E-state index in [2.05, 4.69) is 162 Å². The molecule has 0 bridgehead atoms. The van der Waals surface area contributed by atoms with E-state index < -0.39 is 0 Å². The maximum atomic E-state index is 6.42. The van der Waals surface area contributed by atoms with Crippen LogP contribution in [0, 0.1) is 24.2 Å². The maximum Gasteiger partial charge on any atom is 0.114 e. The Hall–Kier alpha value is -4.16. The summed E-state index contributed by atoms with van der Waals surface area (Å²) in [6.07, 6.45) is 28.9. The SMILES string of the molecule is [B]c1c([B])c(C)c([B])c(C(C)\C=C/C(=C/C=C/C=C\C[C@]2(C)CC3C2=C/C(c2ccccc2)=C\C/C(c2ccccc2)=C3/C=C\C(C)C)CC)c1[B]. The van der Waals surface area contributed by atoms with Crippen LogP contribution < -0.4 is 21.9 Å². The third-order valence-corrected chi connectivity index (χ3v) is 10.8. The molecule has 8 radical (unpaired) electrons. The van der Waals surface area contributed by atoms with Gasteiger partial charge in [-0.1, -0.05) is 184 Å². The molecule has 4 heteroatoms. The average molecular weight is 670 g/mol. The number of hydrogen-bond donors (Lipinski definition) is 0. The number of hydrogen-bond acceptors (Lipinski definition) is 0. The van der Waals surface area contributed by atoms with E-state index in [-0.39, 0.29) is 11.3 Å². The van der Waals surface area contributed by atoms with Crippen molar-refractivity contribution in [2.45, 2.75) is 73.1 Å². The highest BCUT2D eigenvalue weighted by Gasteiger charge is 2.46. The molecule has 2 unspecified atom stereocenters. The third-order valence-electron chi connectivity index (χ3n) is 10.8. The van der Waals surface area contributed by atoms with Crippen molar-refractivity contribution < 1.29 is 0 Å². The van der Waals surface area contributed by atoms with Crippen LogP contribution in [-0.2, 0) is 0 Å². The minimum Gasteiger partial charge on any atom is -0.110 e. The Balaban J connectivity index is 1.36. The van der Waals surface area contributed by atoms with Gasteiger partial charge in [0.05, 0.1) is 0 Å². The van der Waals surface area contributed by atoms with Gasteiger partial charge in [-0.05, 0) is 83.3 Å². The van der Waals surface area contributed by atoms with Gasteiger partial charge in [0.25, 0.3) is 0 Å². The minimum absolute atomic E-state index is 0.00712. The molecule has 1 fully saturated rings. The second-order valence-electron chi connectivity index (χ2n) is 15.0. The van der Waals surface area contributed by atoms with Crippen LogP contribution in [0.5, 0.6) is 0 Å². The van der Waals surface area contributed by atoms with Gasteiger partial charge in [0.1, 0.15) is 31.4 Å². The van der Waals surface area contributed by atoms with E-state index in [1.807, 2.05) is 6.92 Å². The largest absolute Gasteiger partial charge is 0.114 e. The van der Waals surface area contributed by atoms with Gasteiger partial charge in [0.2, 0.25) is 0 Å². The lowest BCUT2D eigenvalue weighted by atomic mass is 9.53. The van der Waals surface area contributed by atoms with Gasteiger partial charge in [-0.25, -0.2) is 0 Å². The van der Waals surface area contributed by atoms with Crippen LogP contribution in [0.1, 0.15) is 88.5 Å². The predicted octanol–water partition coefficient (Wildman–Crippen LogP) is 8.77. The predicted molar refractivity (Wildman–Crippen MR) is 232 cm³/mol. The summed E-state index contributed by atoms with van der Waals surface area (Å²) in [7, 11) is 25.0. The Bertz CT molecular complexity index is 1950. The van der Waals surface area contributed by atoms with Crippen LogP contribution in [0.2, 0.25) is 0 Å². The molecule has 0 aliphatic heterocycles. The van der Waals surface area contributed by atoms with Crippen molar-refractivity contribution in [1.29, 1.82) is 0 Å². The molecule has 0 spiro atoms. The van der Waals surface area contributed by atoms with Gasteiger partial charge in [0, 0.05) is 5.92 Å². The lowest BCUT2D eigenvalue weighted by Crippen LogP contribution is -2.48. The third kappa shape index (κ3) is 8.89. The van der Waals surface area contributed by atoms with Crippen LogP contribution in [0.25, 0.3) is 11.1 Å². The van der Waals surface area contributed by atoms with E-state index in [4.69, 9.17) is 31.4 Å². The van der Waals surface area contributed by atoms with E-state index in [0.717, 1.165) is 36.8 Å². The molecule has 0 heterocycles. The fourth-order valence-corrected chi connectivity index (χ4v) is 7.54. The van der Waals surface area contributed by atoms with Crippen LogP contribution in [0.3, 0.4) is 0 Å². The molecule has 3 atom stereocenters. The van der Waals surface area contributed by atoms with Crippen molar-refractivity contribution >= 4 is 64.4 Å². The Labute approximate surface area is 320 Å². The Morgan fingerprint density at radius 2 is 1.50 bits per heavy atom. The van der Waals surface area contributed by atoms with Gasteiger partial charge in [-0.2, -0.15) is 0 Å². The zero-order valence-corrected chi connectivity index (χ0v) is 32.0. The minimum atomic E-state index is -0.00712. The van der Waals surface area contributed by atoms with Crippen LogP contribution in [0.15, 0.2) is 144 Å². The zero-order chi connectivity index (χ0) is 37.4. The molecule has 2 aliphatic carbocycles. The summed E-state index contributed by atoms with van der Waals surface area (Å²) in [4.78, 5) is 0. The van der Waals surface area contributed by atoms with Gasteiger partial charge in [0.15, 0.2) is 0 Å². The Morgan fingerprint density at radius 3 is 2.15 bits per heavy atom. The van der Waals surface area contributed by atoms with Crippen molar-refractivity contribution in [1.82, 2.24) is 0 Å². The molecule has 0 nitrogen and oxygen atoms in total. The second kappa shape index (κ2) is 17.6. The standard InChI is InChI=1S/C48H50B4/c1-7-35(25-24-33(4)43-44(49)34(5)45(50)47(52)46(43)51)18-12-8-9-17-29-48(6)31-41-40(27-23-32(2)3)39(37-21-15-11-16-22-37)28-26-38(30-42(41)48)36-19-13-10-14-20-36/h8-27,30,32-33,41H,7,28-29,31H2,1-6H3/b12-8+,17-9-,25-24-,27-23-,35-18+,38-26+,40-39+,42-30?/t33?,41?,48-/m1/s1. The normalized spacial score (nSPS) is 22.8. The number of allylic oxidation sites excluding steroid dienone is 16. The van der Waals surface area contributed by atoms with E-state index in [1.165, 1.54) is 39.0 Å². The molecule has 254 valence electrons. The van der Waals surface area contributed by atoms with Crippen LogP contribution in [-0.4, -0.2) is 31.4 Å². The maximum absolute atomic E-state index is 6.42. The van der Waals surface area contributed by atoms with Gasteiger partial charge < -0.3 is 0 Å². The van der Waals surface area contributed by atoms with Gasteiger partial charge in [-0.15, -0.1) is 16.4 Å². The number of rotatable bonds is 12. The summed E-state index contributed by atoms with van der Waals surface area (Å²) in [5.74, 6) is 0.882. The molecule has 2 aliphatic rings. The molecule has 3 aromatic carbocycles. The molecule has 5 rings (SSSR count). The van der Waals surface area contributed by atoms with Crippen molar-refractivity contribution in [2.75, 3.05) is 0 Å². The summed E-state index contributed by atoms with van der Waals surface area (Å²) in [5.41, 5.74) is 13.2. The Morgan fingerprint density at radius 1 is 0.827 bits per heavy atom. The van der Waals surface area contributed by atoms with E-state index in [1.54, 1.807) is 0 Å². The molecule has 52 heavy (non-hydrogen) atoms. The quantitative estimate of drug-likeness (QED) is 0.134. The summed E-state index contributed by atoms with van der Waals surface area (Å²) >= 11 is 0. The highest BCUT2D eigenvalue weighted by Crippen LogP contribution is 2.58. The Kier molecular flexibility index (Phi) is 13.2. The number of benzene rings is 3. The van der Waals surface area contributed by atoms with Gasteiger partial charge >= 0.3 is 0 Å². The lowest BCUT2D eigenvalue weighted by Gasteiger charge is -2.50. The first-order valence-electron chi connectivity index (χ1n) is 18.8. The smallest absolute Gasteiger partial charge is 0.110 e. The van der Waals surface area contributed by atoms with E-state index in [0.29, 0.717) is 33.7 Å². The average Bonchev–Trinajstić information content (AvgIpc) is 3.14. The number of fused-ring (bicyclic) bond motifs is 1. The highest BCUT2D eigenvalue weighted by atomic mass is 14.5. The molecule has 0 N–H and O–H groups in total. The van der Waals surface area contributed by atoms with Crippen molar-refractivity contribution in [3.8, 4) is 0 Å². The summed E-state index contributed by atoms with van der Waals surface area (Å²) in [5, 5.41) is 0. The molecule has 0 aromatic heterocycles.